The summed E-state index contributed by atoms with van der Waals surface area (Å²) in [5.74, 6) is 0. The lowest BCUT2D eigenvalue weighted by atomic mass is 10.5. The Morgan fingerprint density at radius 2 is 2.57 bits per heavy atom. The van der Waals surface area contributed by atoms with E-state index in [2.05, 4.69) is 5.32 Å². The molecule has 0 bridgehead atoms. The van der Waals surface area contributed by atoms with E-state index in [1.54, 1.807) is 0 Å². The van der Waals surface area contributed by atoms with Crippen molar-refractivity contribution in [1.82, 2.24) is 5.32 Å². The molecule has 1 aliphatic rings. The van der Waals surface area contributed by atoms with E-state index >= 15 is 0 Å². The van der Waals surface area contributed by atoms with Gasteiger partial charge in [-0.3, -0.25) is 0 Å². The van der Waals surface area contributed by atoms with Crippen molar-refractivity contribution >= 4 is 17.3 Å². The minimum atomic E-state index is 0.686. The number of hydrogen-bond donors (Lipinski definition) is 1. The van der Waals surface area contributed by atoms with Gasteiger partial charge in [-0.15, -0.1) is 0 Å². The maximum absolute atomic E-state index is 4.95. The quantitative estimate of drug-likeness (QED) is 0.449. The first-order chi connectivity index (χ1) is 3.39. The van der Waals surface area contributed by atoms with Crippen molar-refractivity contribution < 1.29 is 4.74 Å². The Balaban J connectivity index is 2.25. The van der Waals surface area contributed by atoms with Crippen LogP contribution in [0.2, 0.25) is 0 Å². The van der Waals surface area contributed by atoms with Crippen molar-refractivity contribution in [3.8, 4) is 0 Å². The average Bonchev–Trinajstić information content (AvgIpc) is 1.69. The summed E-state index contributed by atoms with van der Waals surface area (Å²) in [6.45, 7) is 2.41. The third-order valence-electron chi connectivity index (χ3n) is 0.811. The molecule has 1 heterocycles. The molecule has 0 aromatic carbocycles. The van der Waals surface area contributed by atoms with E-state index in [-0.39, 0.29) is 0 Å². The molecule has 0 spiro atoms. The number of nitrogens with one attached hydrogen (secondary N) is 1. The molecule has 1 saturated heterocycles. The molecular formula is C4H7NOS. The van der Waals surface area contributed by atoms with Crippen molar-refractivity contribution in [3.63, 3.8) is 0 Å². The Hall–Kier alpha value is -0.150. The van der Waals surface area contributed by atoms with Gasteiger partial charge in [-0.1, -0.05) is 0 Å². The molecule has 0 aliphatic carbocycles. The van der Waals surface area contributed by atoms with Gasteiger partial charge in [-0.25, -0.2) is 0 Å². The standard InChI is InChI=1S/C4H7NOS/c7-4-3-5-1-2-6-4/h5H,1-3H2. The van der Waals surface area contributed by atoms with Crippen LogP contribution in [-0.4, -0.2) is 24.7 Å². The van der Waals surface area contributed by atoms with E-state index in [0.29, 0.717) is 5.05 Å². The highest BCUT2D eigenvalue weighted by Gasteiger charge is 2.01. The summed E-state index contributed by atoms with van der Waals surface area (Å²) in [6, 6.07) is 0. The van der Waals surface area contributed by atoms with Crippen molar-refractivity contribution in [2.75, 3.05) is 19.7 Å². The Morgan fingerprint density at radius 3 is 2.86 bits per heavy atom. The summed E-state index contributed by atoms with van der Waals surface area (Å²) < 4.78 is 4.95. The number of hydrogen-bond acceptors (Lipinski definition) is 3. The summed E-state index contributed by atoms with van der Waals surface area (Å²) in [7, 11) is 0. The molecule has 0 amide bonds. The van der Waals surface area contributed by atoms with Crippen LogP contribution in [0.4, 0.5) is 0 Å². The van der Waals surface area contributed by atoms with Crippen molar-refractivity contribution in [3.05, 3.63) is 0 Å². The largest absolute Gasteiger partial charge is 0.484 e. The number of morpholine rings is 1. The summed E-state index contributed by atoms with van der Waals surface area (Å²) in [4.78, 5) is 0. The fourth-order valence-electron chi connectivity index (χ4n) is 0.479. The second-order valence-corrected chi connectivity index (χ2v) is 1.85. The van der Waals surface area contributed by atoms with E-state index in [9.17, 15) is 0 Å². The van der Waals surface area contributed by atoms with Gasteiger partial charge in [-0.2, -0.15) is 0 Å². The Kier molecular flexibility index (Phi) is 1.59. The number of ether oxygens (including phenoxy) is 1. The van der Waals surface area contributed by atoms with Gasteiger partial charge in [0.15, 0.2) is 5.05 Å². The summed E-state index contributed by atoms with van der Waals surface area (Å²) in [6.07, 6.45) is 0. The fraction of sp³-hybridized carbons (Fsp3) is 0.750. The second-order valence-electron chi connectivity index (χ2n) is 1.40. The molecule has 0 saturated carbocycles. The monoisotopic (exact) mass is 117 g/mol. The lowest BCUT2D eigenvalue weighted by molar-refractivity contribution is 0.280. The van der Waals surface area contributed by atoms with Crippen LogP contribution in [0, 0.1) is 0 Å². The molecule has 0 aromatic heterocycles. The summed E-state index contributed by atoms with van der Waals surface area (Å²) in [5, 5.41) is 3.75. The lowest BCUT2D eigenvalue weighted by Gasteiger charge is -2.13. The minimum absolute atomic E-state index is 0.686. The zero-order valence-electron chi connectivity index (χ0n) is 3.94. The van der Waals surface area contributed by atoms with E-state index in [0.717, 1.165) is 19.7 Å². The molecule has 1 rings (SSSR count). The van der Waals surface area contributed by atoms with Crippen molar-refractivity contribution in [2.45, 2.75) is 0 Å². The fourth-order valence-corrected chi connectivity index (χ4v) is 0.664. The molecule has 2 nitrogen and oxygen atoms in total. The molecule has 7 heavy (non-hydrogen) atoms. The van der Waals surface area contributed by atoms with Gasteiger partial charge < -0.3 is 10.1 Å². The summed E-state index contributed by atoms with van der Waals surface area (Å²) >= 11 is 4.72. The molecule has 1 aliphatic heterocycles. The van der Waals surface area contributed by atoms with Crippen molar-refractivity contribution in [1.29, 1.82) is 0 Å². The molecule has 1 N–H and O–H groups in total. The van der Waals surface area contributed by atoms with Crippen LogP contribution >= 0.6 is 12.2 Å². The summed E-state index contributed by atoms with van der Waals surface area (Å²) in [5.41, 5.74) is 0. The van der Waals surface area contributed by atoms with Gasteiger partial charge in [0.25, 0.3) is 0 Å². The Labute approximate surface area is 47.9 Å². The lowest BCUT2D eigenvalue weighted by Crippen LogP contribution is -2.33. The Morgan fingerprint density at radius 1 is 1.71 bits per heavy atom. The van der Waals surface area contributed by atoms with Crippen LogP contribution in [0.5, 0.6) is 0 Å². The maximum Gasteiger partial charge on any atom is 0.173 e. The van der Waals surface area contributed by atoms with Gasteiger partial charge in [0, 0.05) is 6.54 Å². The highest BCUT2D eigenvalue weighted by atomic mass is 32.1. The molecule has 0 radical (unpaired) electrons. The normalized spacial score (nSPS) is 21.4. The minimum Gasteiger partial charge on any atom is -0.484 e. The second kappa shape index (κ2) is 2.23. The predicted molar refractivity (Wildman–Crippen MR) is 31.4 cm³/mol. The first-order valence-electron chi connectivity index (χ1n) is 2.26. The SMILES string of the molecule is S=C1CNCCO1. The van der Waals surface area contributed by atoms with Crippen LogP contribution < -0.4 is 5.32 Å². The van der Waals surface area contributed by atoms with E-state index in [1.807, 2.05) is 0 Å². The molecule has 3 heteroatoms. The molecule has 40 valence electrons. The molecule has 0 aromatic rings. The van der Waals surface area contributed by atoms with Gasteiger partial charge in [-0.05, 0) is 12.2 Å². The van der Waals surface area contributed by atoms with Gasteiger partial charge in [0.05, 0.1) is 6.54 Å². The Bertz CT molecular complexity index is 75.8. The molecular weight excluding hydrogens is 110 g/mol. The smallest absolute Gasteiger partial charge is 0.173 e. The van der Waals surface area contributed by atoms with Gasteiger partial charge >= 0.3 is 0 Å². The van der Waals surface area contributed by atoms with Crippen LogP contribution in [-0.2, 0) is 4.74 Å². The van der Waals surface area contributed by atoms with Gasteiger partial charge in [0.2, 0.25) is 0 Å². The third kappa shape index (κ3) is 1.41. The number of thiocarbonyl (C=S) groups is 1. The van der Waals surface area contributed by atoms with Gasteiger partial charge in [0.1, 0.15) is 6.61 Å². The van der Waals surface area contributed by atoms with E-state index in [1.165, 1.54) is 0 Å². The van der Waals surface area contributed by atoms with E-state index in [4.69, 9.17) is 17.0 Å². The first-order valence-corrected chi connectivity index (χ1v) is 2.67. The van der Waals surface area contributed by atoms with Crippen molar-refractivity contribution in [2.24, 2.45) is 0 Å². The van der Waals surface area contributed by atoms with Crippen LogP contribution in [0.3, 0.4) is 0 Å². The number of rotatable bonds is 0. The predicted octanol–water partition coefficient (Wildman–Crippen LogP) is -0.0664. The van der Waals surface area contributed by atoms with E-state index < -0.39 is 0 Å². The van der Waals surface area contributed by atoms with Crippen LogP contribution in [0.1, 0.15) is 0 Å². The third-order valence-corrected chi connectivity index (χ3v) is 1.07. The highest BCUT2D eigenvalue weighted by Crippen LogP contribution is 1.84. The van der Waals surface area contributed by atoms with Crippen LogP contribution in [0.15, 0.2) is 0 Å². The maximum atomic E-state index is 4.95. The molecule has 1 fully saturated rings. The zero-order chi connectivity index (χ0) is 5.11. The topological polar surface area (TPSA) is 21.3 Å². The highest BCUT2D eigenvalue weighted by molar-refractivity contribution is 7.80. The molecule has 0 unspecified atom stereocenters. The first kappa shape index (κ1) is 5.00. The van der Waals surface area contributed by atoms with Crippen LogP contribution in [0.25, 0.3) is 0 Å². The molecule has 0 atom stereocenters. The zero-order valence-corrected chi connectivity index (χ0v) is 4.75. The average molecular weight is 117 g/mol.